The first-order valence-electron chi connectivity index (χ1n) is 5.29. The Labute approximate surface area is 107 Å². The number of benzene rings is 1. The van der Waals surface area contributed by atoms with Crippen LogP contribution in [0.2, 0.25) is 0 Å². The van der Waals surface area contributed by atoms with Gasteiger partial charge in [-0.15, -0.1) is 0 Å². The van der Waals surface area contributed by atoms with E-state index in [2.05, 4.69) is 0 Å². The van der Waals surface area contributed by atoms with Gasteiger partial charge < -0.3 is 4.74 Å². The van der Waals surface area contributed by atoms with Gasteiger partial charge in [0, 0.05) is 12.0 Å². The lowest BCUT2D eigenvalue weighted by Crippen LogP contribution is -2.04. The lowest BCUT2D eigenvalue weighted by atomic mass is 10.2. The van der Waals surface area contributed by atoms with Crippen molar-refractivity contribution in [3.8, 4) is 5.75 Å². The molecule has 0 radical (unpaired) electrons. The van der Waals surface area contributed by atoms with Crippen LogP contribution in [0.25, 0.3) is 0 Å². The molecule has 0 atom stereocenters. The first-order valence-corrected chi connectivity index (χ1v) is 6.23. The number of ether oxygens (including phenoxy) is 1. The molecule has 94 valence electrons. The molecule has 1 aromatic carbocycles. The fraction of sp³-hybridized carbons (Fsp3) is 0.154. The molecule has 1 heterocycles. The van der Waals surface area contributed by atoms with Gasteiger partial charge in [-0.3, -0.25) is 4.79 Å². The second kappa shape index (κ2) is 5.73. The summed E-state index contributed by atoms with van der Waals surface area (Å²) in [6.45, 7) is 0.186. The van der Waals surface area contributed by atoms with Gasteiger partial charge in [-0.25, -0.2) is 8.78 Å². The molecule has 0 aliphatic rings. The average Bonchev–Trinajstić information content (AvgIpc) is 2.85. The molecule has 0 bridgehead atoms. The fourth-order valence-electron chi connectivity index (χ4n) is 1.49. The van der Waals surface area contributed by atoms with Gasteiger partial charge in [0.2, 0.25) is 0 Å². The van der Waals surface area contributed by atoms with E-state index in [1.165, 1.54) is 0 Å². The number of hydrogen-bond donors (Lipinski definition) is 0. The number of carbonyl (C=O) groups is 1. The first-order chi connectivity index (χ1) is 8.70. The van der Waals surface area contributed by atoms with Crippen LogP contribution in [0.5, 0.6) is 5.75 Å². The van der Waals surface area contributed by atoms with Crippen LogP contribution in [-0.4, -0.2) is 12.9 Å². The molecule has 0 saturated carbocycles. The second-order valence-electron chi connectivity index (χ2n) is 3.66. The Bertz CT molecular complexity index is 515. The molecule has 0 fully saturated rings. The van der Waals surface area contributed by atoms with Gasteiger partial charge in [0.1, 0.15) is 6.29 Å². The highest BCUT2D eigenvalue weighted by atomic mass is 32.1. The quantitative estimate of drug-likeness (QED) is 0.776. The van der Waals surface area contributed by atoms with Crippen molar-refractivity contribution in [2.75, 3.05) is 6.61 Å². The molecule has 1 aromatic heterocycles. The third-order valence-electron chi connectivity index (χ3n) is 2.37. The summed E-state index contributed by atoms with van der Waals surface area (Å²) in [5, 5.41) is 3.88. The van der Waals surface area contributed by atoms with E-state index in [4.69, 9.17) is 4.74 Å². The van der Waals surface area contributed by atoms with Crippen molar-refractivity contribution in [3.05, 3.63) is 51.7 Å². The van der Waals surface area contributed by atoms with Crippen LogP contribution in [0.4, 0.5) is 8.78 Å². The maximum absolute atomic E-state index is 13.4. The average molecular weight is 268 g/mol. The summed E-state index contributed by atoms with van der Waals surface area (Å²) in [5.74, 6) is -2.15. The highest BCUT2D eigenvalue weighted by molar-refractivity contribution is 7.07. The summed E-state index contributed by atoms with van der Waals surface area (Å²) in [7, 11) is 0. The molecule has 0 saturated heterocycles. The van der Waals surface area contributed by atoms with E-state index in [-0.39, 0.29) is 12.2 Å². The minimum Gasteiger partial charge on any atom is -0.487 e. The Balaban J connectivity index is 2.03. The van der Waals surface area contributed by atoms with E-state index in [0.29, 0.717) is 12.7 Å². The van der Waals surface area contributed by atoms with E-state index in [0.717, 1.165) is 17.7 Å². The monoisotopic (exact) mass is 268 g/mol. The highest BCUT2D eigenvalue weighted by Gasteiger charge is 2.12. The summed E-state index contributed by atoms with van der Waals surface area (Å²) < 4.78 is 32.0. The zero-order valence-electron chi connectivity index (χ0n) is 9.36. The van der Waals surface area contributed by atoms with Gasteiger partial charge in [-0.05, 0) is 34.5 Å². The topological polar surface area (TPSA) is 26.3 Å². The first kappa shape index (κ1) is 12.7. The standard InChI is InChI=1S/C13H10F2O2S/c14-11-5-10(7-16)6-12(15)13(11)17-3-1-9-2-4-18-8-9/h2,4-8H,1,3H2. The third-order valence-corrected chi connectivity index (χ3v) is 3.11. The van der Waals surface area contributed by atoms with Crippen LogP contribution in [-0.2, 0) is 6.42 Å². The molecular weight excluding hydrogens is 258 g/mol. The number of carbonyl (C=O) groups excluding carboxylic acids is 1. The van der Waals surface area contributed by atoms with Crippen LogP contribution >= 0.6 is 11.3 Å². The minimum atomic E-state index is -0.859. The van der Waals surface area contributed by atoms with Crippen molar-refractivity contribution in [2.24, 2.45) is 0 Å². The van der Waals surface area contributed by atoms with Crippen molar-refractivity contribution >= 4 is 17.6 Å². The van der Waals surface area contributed by atoms with E-state index < -0.39 is 17.4 Å². The number of halogens is 2. The van der Waals surface area contributed by atoms with Crippen LogP contribution in [0.15, 0.2) is 29.0 Å². The van der Waals surface area contributed by atoms with E-state index in [1.807, 2.05) is 16.8 Å². The molecule has 0 unspecified atom stereocenters. The smallest absolute Gasteiger partial charge is 0.190 e. The molecule has 0 aliphatic carbocycles. The molecule has 2 rings (SSSR count). The van der Waals surface area contributed by atoms with Crippen LogP contribution < -0.4 is 4.74 Å². The molecular formula is C13H10F2O2S. The van der Waals surface area contributed by atoms with Gasteiger partial charge in [0.25, 0.3) is 0 Å². The SMILES string of the molecule is O=Cc1cc(F)c(OCCc2ccsc2)c(F)c1. The zero-order chi connectivity index (χ0) is 13.0. The number of hydrogen-bond acceptors (Lipinski definition) is 3. The van der Waals surface area contributed by atoms with Crippen LogP contribution in [0, 0.1) is 11.6 Å². The van der Waals surface area contributed by atoms with E-state index in [9.17, 15) is 13.6 Å². The zero-order valence-corrected chi connectivity index (χ0v) is 10.2. The molecule has 0 spiro atoms. The van der Waals surface area contributed by atoms with Gasteiger partial charge in [0.05, 0.1) is 6.61 Å². The summed E-state index contributed by atoms with van der Waals surface area (Å²) in [6.07, 6.45) is 0.971. The van der Waals surface area contributed by atoms with Crippen LogP contribution in [0.3, 0.4) is 0 Å². The van der Waals surface area contributed by atoms with Gasteiger partial charge in [-0.2, -0.15) is 11.3 Å². The third kappa shape index (κ3) is 2.92. The molecule has 0 N–H and O–H groups in total. The maximum atomic E-state index is 13.4. The Morgan fingerprint density at radius 3 is 2.56 bits per heavy atom. The van der Waals surface area contributed by atoms with Gasteiger partial charge in [-0.1, -0.05) is 0 Å². The summed E-state index contributed by atoms with van der Waals surface area (Å²) in [5.41, 5.74) is 1.01. The normalized spacial score (nSPS) is 10.3. The van der Waals surface area contributed by atoms with Crippen molar-refractivity contribution in [2.45, 2.75) is 6.42 Å². The van der Waals surface area contributed by atoms with Gasteiger partial charge >= 0.3 is 0 Å². The molecule has 18 heavy (non-hydrogen) atoms. The lowest BCUT2D eigenvalue weighted by Gasteiger charge is -2.08. The van der Waals surface area contributed by atoms with Crippen LogP contribution in [0.1, 0.15) is 15.9 Å². The number of rotatable bonds is 5. The Morgan fingerprint density at radius 2 is 2.00 bits per heavy atom. The second-order valence-corrected chi connectivity index (χ2v) is 4.44. The van der Waals surface area contributed by atoms with E-state index >= 15 is 0 Å². The Kier molecular flexibility index (Phi) is 4.04. The Morgan fingerprint density at radius 1 is 1.28 bits per heavy atom. The molecule has 2 aromatic rings. The van der Waals surface area contributed by atoms with Crippen molar-refractivity contribution in [3.63, 3.8) is 0 Å². The van der Waals surface area contributed by atoms with Gasteiger partial charge in [0.15, 0.2) is 17.4 Å². The van der Waals surface area contributed by atoms with Crippen molar-refractivity contribution in [1.29, 1.82) is 0 Å². The Hall–Kier alpha value is -1.75. The number of aldehydes is 1. The highest BCUT2D eigenvalue weighted by Crippen LogP contribution is 2.23. The number of thiophene rings is 1. The molecule has 0 amide bonds. The summed E-state index contributed by atoms with van der Waals surface area (Å²) >= 11 is 1.55. The maximum Gasteiger partial charge on any atom is 0.190 e. The molecule has 2 nitrogen and oxygen atoms in total. The molecule has 5 heteroatoms. The molecule has 0 aliphatic heterocycles. The predicted octanol–water partition coefficient (Wildman–Crippen LogP) is 3.46. The predicted molar refractivity (Wildman–Crippen MR) is 65.3 cm³/mol. The minimum absolute atomic E-state index is 0.0461. The van der Waals surface area contributed by atoms with Crippen molar-refractivity contribution in [1.82, 2.24) is 0 Å². The summed E-state index contributed by atoms with van der Waals surface area (Å²) in [6, 6.07) is 3.84. The fourth-order valence-corrected chi connectivity index (χ4v) is 2.19. The largest absolute Gasteiger partial charge is 0.487 e. The van der Waals surface area contributed by atoms with E-state index in [1.54, 1.807) is 11.3 Å². The summed E-state index contributed by atoms with van der Waals surface area (Å²) in [4.78, 5) is 10.4. The lowest BCUT2D eigenvalue weighted by molar-refractivity contribution is 0.112. The van der Waals surface area contributed by atoms with Crippen molar-refractivity contribution < 1.29 is 18.3 Å².